The molecule has 0 saturated carbocycles. The number of rotatable bonds is 2. The summed E-state index contributed by atoms with van der Waals surface area (Å²) in [6.07, 6.45) is 8.40. The predicted octanol–water partition coefficient (Wildman–Crippen LogP) is 2.33. The van der Waals surface area contributed by atoms with Crippen molar-refractivity contribution in [2.75, 3.05) is 0 Å². The molecule has 0 spiro atoms. The van der Waals surface area contributed by atoms with Crippen molar-refractivity contribution in [1.29, 1.82) is 0 Å². The van der Waals surface area contributed by atoms with Crippen LogP contribution in [-0.2, 0) is 0 Å². The third kappa shape index (κ3) is 2.33. The summed E-state index contributed by atoms with van der Waals surface area (Å²) in [6, 6.07) is 0.353. The molecule has 11 heavy (non-hydrogen) atoms. The van der Waals surface area contributed by atoms with Gasteiger partial charge in [-0.25, -0.2) is 0 Å². The van der Waals surface area contributed by atoms with Crippen LogP contribution < -0.4 is 5.73 Å². The van der Waals surface area contributed by atoms with Crippen LogP contribution in [0.3, 0.4) is 0 Å². The second-order valence-electron chi connectivity index (χ2n) is 3.76. The predicted molar refractivity (Wildman–Crippen MR) is 49.3 cm³/mol. The molecule has 3 unspecified atom stereocenters. The highest BCUT2D eigenvalue weighted by Crippen LogP contribution is 2.27. The lowest BCUT2D eigenvalue weighted by Crippen LogP contribution is -2.30. The van der Waals surface area contributed by atoms with Crippen LogP contribution in [-0.4, -0.2) is 6.04 Å². The Balaban J connectivity index is 2.40. The van der Waals surface area contributed by atoms with Crippen LogP contribution in [0.4, 0.5) is 0 Å². The summed E-state index contributed by atoms with van der Waals surface area (Å²) in [5.41, 5.74) is 5.84. The van der Waals surface area contributed by atoms with Crippen LogP contribution in [0, 0.1) is 11.8 Å². The van der Waals surface area contributed by atoms with Gasteiger partial charge >= 0.3 is 0 Å². The molecule has 1 aliphatic carbocycles. The third-order valence-corrected chi connectivity index (χ3v) is 2.88. The van der Waals surface area contributed by atoms with E-state index in [-0.39, 0.29) is 0 Å². The van der Waals surface area contributed by atoms with E-state index in [2.05, 4.69) is 26.0 Å². The van der Waals surface area contributed by atoms with Crippen molar-refractivity contribution < 1.29 is 0 Å². The van der Waals surface area contributed by atoms with E-state index in [4.69, 9.17) is 5.73 Å². The molecule has 0 amide bonds. The normalized spacial score (nSPS) is 29.9. The van der Waals surface area contributed by atoms with Gasteiger partial charge in [-0.1, -0.05) is 19.1 Å². The molecule has 0 heterocycles. The van der Waals surface area contributed by atoms with Crippen LogP contribution in [0.2, 0.25) is 0 Å². The first-order chi connectivity index (χ1) is 5.22. The van der Waals surface area contributed by atoms with Crippen molar-refractivity contribution in [3.05, 3.63) is 12.2 Å². The van der Waals surface area contributed by atoms with Gasteiger partial charge in [-0.05, 0) is 38.0 Å². The zero-order valence-corrected chi connectivity index (χ0v) is 7.59. The molecule has 1 aliphatic rings. The van der Waals surface area contributed by atoms with E-state index >= 15 is 0 Å². The molecule has 0 saturated heterocycles. The molecule has 2 N–H and O–H groups in total. The highest BCUT2D eigenvalue weighted by molar-refractivity contribution is 4.92. The molecule has 0 aromatic heterocycles. The van der Waals surface area contributed by atoms with E-state index in [0.717, 1.165) is 5.92 Å². The van der Waals surface area contributed by atoms with Crippen LogP contribution in [0.1, 0.15) is 33.1 Å². The van der Waals surface area contributed by atoms with Crippen molar-refractivity contribution in [2.45, 2.75) is 39.2 Å². The van der Waals surface area contributed by atoms with Gasteiger partial charge in [-0.3, -0.25) is 0 Å². The van der Waals surface area contributed by atoms with Crippen LogP contribution in [0.15, 0.2) is 12.2 Å². The molecule has 64 valence electrons. The summed E-state index contributed by atoms with van der Waals surface area (Å²) in [4.78, 5) is 0. The maximum Gasteiger partial charge on any atom is 0.00388 e. The van der Waals surface area contributed by atoms with Crippen molar-refractivity contribution in [3.63, 3.8) is 0 Å². The number of hydrogen-bond donors (Lipinski definition) is 1. The molecule has 0 aromatic carbocycles. The average molecular weight is 153 g/mol. The summed E-state index contributed by atoms with van der Waals surface area (Å²) in [6.45, 7) is 4.39. The maximum absolute atomic E-state index is 5.84. The Morgan fingerprint density at radius 1 is 1.36 bits per heavy atom. The van der Waals surface area contributed by atoms with E-state index in [1.807, 2.05) is 0 Å². The standard InChI is InChI=1S/C10H19N/c1-8(9(2)11)10-6-4-3-5-7-10/h3-4,8-10H,5-7,11H2,1-2H3. The van der Waals surface area contributed by atoms with Gasteiger partial charge in [0.2, 0.25) is 0 Å². The van der Waals surface area contributed by atoms with Gasteiger partial charge in [-0.2, -0.15) is 0 Å². The fourth-order valence-electron chi connectivity index (χ4n) is 1.72. The minimum Gasteiger partial charge on any atom is -0.328 e. The minimum absolute atomic E-state index is 0.353. The molecule has 0 aliphatic heterocycles. The number of nitrogens with two attached hydrogens (primary N) is 1. The summed E-state index contributed by atoms with van der Waals surface area (Å²) in [5, 5.41) is 0. The van der Waals surface area contributed by atoms with E-state index in [9.17, 15) is 0 Å². The van der Waals surface area contributed by atoms with E-state index in [1.54, 1.807) is 0 Å². The first-order valence-corrected chi connectivity index (χ1v) is 4.62. The molecule has 1 rings (SSSR count). The van der Waals surface area contributed by atoms with Gasteiger partial charge in [0.25, 0.3) is 0 Å². The molecule has 1 nitrogen and oxygen atoms in total. The van der Waals surface area contributed by atoms with Gasteiger partial charge < -0.3 is 5.73 Å². The van der Waals surface area contributed by atoms with Crippen LogP contribution >= 0.6 is 0 Å². The van der Waals surface area contributed by atoms with Gasteiger partial charge in [0.1, 0.15) is 0 Å². The Labute approximate surface area is 69.7 Å². The Bertz CT molecular complexity index is 138. The van der Waals surface area contributed by atoms with Crippen molar-refractivity contribution in [3.8, 4) is 0 Å². The Morgan fingerprint density at radius 3 is 2.55 bits per heavy atom. The van der Waals surface area contributed by atoms with Gasteiger partial charge in [0.05, 0.1) is 0 Å². The third-order valence-electron chi connectivity index (χ3n) is 2.88. The SMILES string of the molecule is CC(N)C(C)C1CC=CCC1. The monoisotopic (exact) mass is 153 g/mol. The molecule has 0 radical (unpaired) electrons. The van der Waals surface area contributed by atoms with Crippen LogP contribution in [0.5, 0.6) is 0 Å². The van der Waals surface area contributed by atoms with Crippen molar-refractivity contribution >= 4 is 0 Å². The summed E-state index contributed by atoms with van der Waals surface area (Å²) in [5.74, 6) is 1.51. The van der Waals surface area contributed by atoms with Crippen molar-refractivity contribution in [1.82, 2.24) is 0 Å². The summed E-state index contributed by atoms with van der Waals surface area (Å²) < 4.78 is 0. The first kappa shape index (κ1) is 8.79. The molecule has 0 bridgehead atoms. The number of hydrogen-bond acceptors (Lipinski definition) is 1. The molecule has 3 atom stereocenters. The van der Waals surface area contributed by atoms with Gasteiger partial charge in [0, 0.05) is 6.04 Å². The molecule has 0 aromatic rings. The topological polar surface area (TPSA) is 26.0 Å². The van der Waals surface area contributed by atoms with Crippen LogP contribution in [0.25, 0.3) is 0 Å². The van der Waals surface area contributed by atoms with E-state index < -0.39 is 0 Å². The lowest BCUT2D eigenvalue weighted by molar-refractivity contribution is 0.294. The second-order valence-corrected chi connectivity index (χ2v) is 3.76. The minimum atomic E-state index is 0.353. The zero-order valence-electron chi connectivity index (χ0n) is 7.59. The Kier molecular flexibility index (Phi) is 3.13. The average Bonchev–Trinajstić information content (AvgIpc) is 2.05. The number of allylic oxidation sites excluding steroid dienone is 2. The lowest BCUT2D eigenvalue weighted by atomic mass is 9.81. The maximum atomic E-state index is 5.84. The van der Waals surface area contributed by atoms with Gasteiger partial charge in [0.15, 0.2) is 0 Å². The lowest BCUT2D eigenvalue weighted by Gasteiger charge is -2.27. The van der Waals surface area contributed by atoms with E-state index in [0.29, 0.717) is 12.0 Å². The Hall–Kier alpha value is -0.300. The molecular formula is C10H19N. The molecule has 0 fully saturated rings. The van der Waals surface area contributed by atoms with Gasteiger partial charge in [-0.15, -0.1) is 0 Å². The quantitative estimate of drug-likeness (QED) is 0.605. The fourth-order valence-corrected chi connectivity index (χ4v) is 1.72. The molecule has 1 heteroatoms. The summed E-state index contributed by atoms with van der Waals surface area (Å²) >= 11 is 0. The fraction of sp³-hybridized carbons (Fsp3) is 0.800. The van der Waals surface area contributed by atoms with E-state index in [1.165, 1.54) is 19.3 Å². The first-order valence-electron chi connectivity index (χ1n) is 4.62. The largest absolute Gasteiger partial charge is 0.328 e. The molecular weight excluding hydrogens is 134 g/mol. The second kappa shape index (κ2) is 3.91. The zero-order chi connectivity index (χ0) is 8.27. The highest BCUT2D eigenvalue weighted by Gasteiger charge is 2.19. The highest BCUT2D eigenvalue weighted by atomic mass is 14.6. The van der Waals surface area contributed by atoms with Crippen molar-refractivity contribution in [2.24, 2.45) is 17.6 Å². The summed E-state index contributed by atoms with van der Waals surface area (Å²) in [7, 11) is 0. The smallest absolute Gasteiger partial charge is 0.00388 e. The Morgan fingerprint density at radius 2 is 2.09 bits per heavy atom.